The SMILES string of the molecule is CN1CCCN(C(=O)CCN2CCNCC2)CC1. The molecule has 18 heavy (non-hydrogen) atoms. The Hall–Kier alpha value is -0.650. The van der Waals surface area contributed by atoms with Crippen LogP contribution in [0.4, 0.5) is 0 Å². The van der Waals surface area contributed by atoms with Crippen LogP contribution < -0.4 is 5.32 Å². The summed E-state index contributed by atoms with van der Waals surface area (Å²) in [5.41, 5.74) is 0. The molecule has 2 fully saturated rings. The van der Waals surface area contributed by atoms with Crippen molar-refractivity contribution >= 4 is 5.91 Å². The Labute approximate surface area is 110 Å². The Morgan fingerprint density at radius 3 is 2.61 bits per heavy atom. The highest BCUT2D eigenvalue weighted by Crippen LogP contribution is 2.04. The average molecular weight is 254 g/mol. The highest BCUT2D eigenvalue weighted by molar-refractivity contribution is 5.76. The predicted molar refractivity (Wildman–Crippen MR) is 72.6 cm³/mol. The maximum Gasteiger partial charge on any atom is 0.223 e. The van der Waals surface area contributed by atoms with Gasteiger partial charge in [-0.15, -0.1) is 0 Å². The van der Waals surface area contributed by atoms with Gasteiger partial charge in [-0.2, -0.15) is 0 Å². The number of piperazine rings is 1. The number of carbonyl (C=O) groups excluding carboxylic acids is 1. The molecular formula is C13H26N4O. The fourth-order valence-electron chi connectivity index (χ4n) is 2.64. The number of carbonyl (C=O) groups is 1. The number of nitrogens with zero attached hydrogens (tertiary/aromatic N) is 3. The van der Waals surface area contributed by atoms with Crippen LogP contribution in [0.2, 0.25) is 0 Å². The Kier molecular flexibility index (Phi) is 5.41. The lowest BCUT2D eigenvalue weighted by molar-refractivity contribution is -0.131. The van der Waals surface area contributed by atoms with Gasteiger partial charge in [0.25, 0.3) is 0 Å². The standard InChI is InChI=1S/C13H26N4O/c1-15-6-2-7-17(12-11-15)13(18)3-8-16-9-4-14-5-10-16/h14H,2-12H2,1H3. The third-order valence-corrected chi connectivity index (χ3v) is 3.92. The molecule has 0 spiro atoms. The summed E-state index contributed by atoms with van der Waals surface area (Å²) in [6.45, 7) is 9.16. The van der Waals surface area contributed by atoms with Gasteiger partial charge in [0.1, 0.15) is 0 Å². The lowest BCUT2D eigenvalue weighted by atomic mass is 10.3. The van der Waals surface area contributed by atoms with E-state index < -0.39 is 0 Å². The maximum absolute atomic E-state index is 12.2. The molecule has 2 heterocycles. The summed E-state index contributed by atoms with van der Waals surface area (Å²) in [4.78, 5) is 18.9. The van der Waals surface area contributed by atoms with Gasteiger partial charge in [-0.3, -0.25) is 4.79 Å². The van der Waals surface area contributed by atoms with E-state index in [9.17, 15) is 4.79 Å². The van der Waals surface area contributed by atoms with Crippen molar-refractivity contribution in [3.8, 4) is 0 Å². The van der Waals surface area contributed by atoms with Crippen molar-refractivity contribution < 1.29 is 4.79 Å². The summed E-state index contributed by atoms with van der Waals surface area (Å²) >= 11 is 0. The highest BCUT2D eigenvalue weighted by Gasteiger charge is 2.18. The first-order valence-electron chi connectivity index (χ1n) is 7.15. The summed E-state index contributed by atoms with van der Waals surface area (Å²) in [6, 6.07) is 0. The number of hydrogen-bond acceptors (Lipinski definition) is 4. The molecule has 0 radical (unpaired) electrons. The topological polar surface area (TPSA) is 38.8 Å². The van der Waals surface area contributed by atoms with Crippen molar-refractivity contribution in [3.63, 3.8) is 0 Å². The van der Waals surface area contributed by atoms with Crippen molar-refractivity contribution in [2.24, 2.45) is 0 Å². The smallest absolute Gasteiger partial charge is 0.223 e. The van der Waals surface area contributed by atoms with Gasteiger partial charge in [-0.1, -0.05) is 0 Å². The van der Waals surface area contributed by atoms with Crippen LogP contribution in [0.5, 0.6) is 0 Å². The molecule has 2 saturated heterocycles. The van der Waals surface area contributed by atoms with Crippen LogP contribution in [0.25, 0.3) is 0 Å². The van der Waals surface area contributed by atoms with Gasteiger partial charge in [0.2, 0.25) is 5.91 Å². The number of nitrogens with one attached hydrogen (secondary N) is 1. The van der Waals surface area contributed by atoms with Crippen LogP contribution in [-0.4, -0.2) is 86.6 Å². The summed E-state index contributed by atoms with van der Waals surface area (Å²) in [7, 11) is 2.13. The molecular weight excluding hydrogens is 228 g/mol. The van der Waals surface area contributed by atoms with E-state index in [1.54, 1.807) is 0 Å². The molecule has 0 bridgehead atoms. The predicted octanol–water partition coefficient (Wildman–Crippen LogP) is -0.554. The summed E-state index contributed by atoms with van der Waals surface area (Å²) in [6.07, 6.45) is 1.79. The summed E-state index contributed by atoms with van der Waals surface area (Å²) < 4.78 is 0. The van der Waals surface area contributed by atoms with E-state index in [1.807, 2.05) is 4.90 Å². The molecule has 5 heteroatoms. The van der Waals surface area contributed by atoms with Gasteiger partial charge >= 0.3 is 0 Å². The minimum atomic E-state index is 0.337. The van der Waals surface area contributed by atoms with Crippen LogP contribution in [0.1, 0.15) is 12.8 Å². The lowest BCUT2D eigenvalue weighted by Crippen LogP contribution is -2.45. The minimum Gasteiger partial charge on any atom is -0.341 e. The first kappa shape index (κ1) is 13.8. The molecule has 0 aromatic rings. The van der Waals surface area contributed by atoms with Crippen LogP contribution in [0.3, 0.4) is 0 Å². The van der Waals surface area contributed by atoms with Crippen LogP contribution in [0, 0.1) is 0 Å². The molecule has 0 aromatic carbocycles. The first-order chi connectivity index (χ1) is 8.75. The minimum absolute atomic E-state index is 0.337. The van der Waals surface area contributed by atoms with Gasteiger partial charge < -0.3 is 20.0 Å². The fraction of sp³-hybridized carbons (Fsp3) is 0.923. The van der Waals surface area contributed by atoms with E-state index in [0.29, 0.717) is 12.3 Å². The molecule has 0 aliphatic carbocycles. The molecule has 2 aliphatic rings. The third kappa shape index (κ3) is 4.23. The summed E-state index contributed by atoms with van der Waals surface area (Å²) in [5.74, 6) is 0.337. The highest BCUT2D eigenvalue weighted by atomic mass is 16.2. The van der Waals surface area contributed by atoms with Crippen LogP contribution >= 0.6 is 0 Å². The zero-order valence-electron chi connectivity index (χ0n) is 11.5. The van der Waals surface area contributed by atoms with Crippen molar-refractivity contribution in [2.75, 3.05) is 66.0 Å². The van der Waals surface area contributed by atoms with Crippen LogP contribution in [-0.2, 0) is 4.79 Å². The molecule has 2 aliphatic heterocycles. The Morgan fingerprint density at radius 2 is 1.83 bits per heavy atom. The third-order valence-electron chi connectivity index (χ3n) is 3.92. The zero-order chi connectivity index (χ0) is 12.8. The molecule has 0 aromatic heterocycles. The maximum atomic E-state index is 12.2. The molecule has 0 saturated carbocycles. The Morgan fingerprint density at radius 1 is 1.06 bits per heavy atom. The Balaban J connectivity index is 1.69. The average Bonchev–Trinajstić information content (AvgIpc) is 2.62. The van der Waals surface area contributed by atoms with Gasteiger partial charge in [0.05, 0.1) is 0 Å². The molecule has 0 unspecified atom stereocenters. The van der Waals surface area contributed by atoms with E-state index in [2.05, 4.69) is 22.2 Å². The first-order valence-corrected chi connectivity index (χ1v) is 7.15. The van der Waals surface area contributed by atoms with E-state index in [4.69, 9.17) is 0 Å². The lowest BCUT2D eigenvalue weighted by Gasteiger charge is -2.28. The molecule has 0 atom stereocenters. The van der Waals surface area contributed by atoms with Gasteiger partial charge in [-0.05, 0) is 20.0 Å². The molecule has 5 nitrogen and oxygen atoms in total. The summed E-state index contributed by atoms with van der Waals surface area (Å²) in [5, 5.41) is 3.34. The Bertz CT molecular complexity index is 266. The van der Waals surface area contributed by atoms with E-state index in [0.717, 1.165) is 65.3 Å². The second-order valence-electron chi connectivity index (χ2n) is 5.38. The number of likely N-dealkylation sites (N-methyl/N-ethyl adjacent to an activating group) is 1. The molecule has 104 valence electrons. The normalized spacial score (nSPS) is 23.9. The largest absolute Gasteiger partial charge is 0.341 e. The van der Waals surface area contributed by atoms with Crippen LogP contribution in [0.15, 0.2) is 0 Å². The quantitative estimate of drug-likeness (QED) is 0.733. The zero-order valence-corrected chi connectivity index (χ0v) is 11.5. The van der Waals surface area contributed by atoms with E-state index in [1.165, 1.54) is 0 Å². The second-order valence-corrected chi connectivity index (χ2v) is 5.38. The van der Waals surface area contributed by atoms with Crippen molar-refractivity contribution in [1.82, 2.24) is 20.0 Å². The van der Waals surface area contributed by atoms with Gasteiger partial charge in [-0.25, -0.2) is 0 Å². The van der Waals surface area contributed by atoms with E-state index in [-0.39, 0.29) is 0 Å². The molecule has 1 amide bonds. The monoisotopic (exact) mass is 254 g/mol. The van der Waals surface area contributed by atoms with Crippen molar-refractivity contribution in [3.05, 3.63) is 0 Å². The number of hydrogen-bond donors (Lipinski definition) is 1. The number of amides is 1. The van der Waals surface area contributed by atoms with Gasteiger partial charge in [0.15, 0.2) is 0 Å². The fourth-order valence-corrected chi connectivity index (χ4v) is 2.64. The second kappa shape index (κ2) is 7.07. The molecule has 2 rings (SSSR count). The molecule has 1 N–H and O–H groups in total. The van der Waals surface area contributed by atoms with Gasteiger partial charge in [0, 0.05) is 58.8 Å². The number of rotatable bonds is 3. The van der Waals surface area contributed by atoms with E-state index >= 15 is 0 Å². The van der Waals surface area contributed by atoms with Crippen molar-refractivity contribution in [1.29, 1.82) is 0 Å². The van der Waals surface area contributed by atoms with Crippen molar-refractivity contribution in [2.45, 2.75) is 12.8 Å².